The third-order valence-electron chi connectivity index (χ3n) is 3.77. The minimum Gasteiger partial charge on any atom is -0.480 e. The van der Waals surface area contributed by atoms with Gasteiger partial charge in [-0.05, 0) is 31.0 Å². The van der Waals surface area contributed by atoms with Crippen LogP contribution in [0.25, 0.3) is 11.3 Å². The van der Waals surface area contributed by atoms with Crippen LogP contribution in [0.2, 0.25) is 0 Å². The van der Waals surface area contributed by atoms with Crippen molar-refractivity contribution >= 4 is 11.9 Å². The summed E-state index contributed by atoms with van der Waals surface area (Å²) >= 11 is 0. The van der Waals surface area contributed by atoms with Gasteiger partial charge in [0, 0.05) is 24.9 Å². The molecule has 5 nitrogen and oxygen atoms in total. The van der Waals surface area contributed by atoms with Crippen molar-refractivity contribution in [2.45, 2.75) is 25.8 Å². The predicted octanol–water partition coefficient (Wildman–Crippen LogP) is 2.55. The van der Waals surface area contributed by atoms with Gasteiger partial charge in [0.2, 0.25) is 5.91 Å². The van der Waals surface area contributed by atoms with Gasteiger partial charge in [0.25, 0.3) is 0 Å². The van der Waals surface area contributed by atoms with Crippen molar-refractivity contribution in [3.05, 3.63) is 48.2 Å². The van der Waals surface area contributed by atoms with E-state index in [0.717, 1.165) is 17.0 Å². The Bertz CT molecular complexity index is 649. The second kappa shape index (κ2) is 6.93. The molecule has 0 aliphatic carbocycles. The molecule has 22 heavy (non-hydrogen) atoms. The van der Waals surface area contributed by atoms with Crippen LogP contribution in [-0.2, 0) is 16.0 Å². The van der Waals surface area contributed by atoms with Crippen molar-refractivity contribution in [3.8, 4) is 11.3 Å². The molecule has 1 unspecified atom stereocenters. The number of rotatable bonds is 6. The number of hydrogen-bond acceptors (Lipinski definition) is 2. The third kappa shape index (κ3) is 3.75. The topological polar surface area (TPSA) is 73.4 Å². The lowest BCUT2D eigenvalue weighted by Gasteiger charge is -2.21. The molecule has 0 saturated carbocycles. The normalized spacial score (nSPS) is 11.9. The molecule has 5 heteroatoms. The Balaban J connectivity index is 1.94. The highest BCUT2D eigenvalue weighted by molar-refractivity contribution is 5.83. The number of carboxylic acid groups (broad SMARTS) is 1. The Labute approximate surface area is 129 Å². The summed E-state index contributed by atoms with van der Waals surface area (Å²) in [5.41, 5.74) is 3.07. The number of nitrogens with zero attached hydrogens (tertiary/aromatic N) is 1. The monoisotopic (exact) mass is 300 g/mol. The number of aromatic nitrogens is 1. The second-order valence-corrected chi connectivity index (χ2v) is 5.28. The lowest BCUT2D eigenvalue weighted by atomic mass is 10.2. The molecule has 0 aliphatic heterocycles. The smallest absolute Gasteiger partial charge is 0.326 e. The van der Waals surface area contributed by atoms with Crippen molar-refractivity contribution in [2.24, 2.45) is 0 Å². The number of likely N-dealkylation sites (N-methyl/N-ethyl adjacent to an activating group) is 1. The number of carboxylic acids is 1. The van der Waals surface area contributed by atoms with E-state index in [1.807, 2.05) is 42.5 Å². The number of hydrogen-bond donors (Lipinski definition) is 2. The van der Waals surface area contributed by atoms with Gasteiger partial charge in [-0.3, -0.25) is 4.79 Å². The molecule has 116 valence electrons. The highest BCUT2D eigenvalue weighted by atomic mass is 16.4. The van der Waals surface area contributed by atoms with E-state index in [-0.39, 0.29) is 12.3 Å². The van der Waals surface area contributed by atoms with Gasteiger partial charge in [-0.1, -0.05) is 30.3 Å². The van der Waals surface area contributed by atoms with E-state index in [1.54, 1.807) is 0 Å². The van der Waals surface area contributed by atoms with Gasteiger partial charge in [-0.15, -0.1) is 0 Å². The number of benzene rings is 1. The Morgan fingerprint density at radius 3 is 2.50 bits per heavy atom. The van der Waals surface area contributed by atoms with Gasteiger partial charge in [-0.25, -0.2) is 4.79 Å². The van der Waals surface area contributed by atoms with Crippen molar-refractivity contribution in [3.63, 3.8) is 0 Å². The first-order chi connectivity index (χ1) is 10.5. The zero-order valence-electron chi connectivity index (χ0n) is 12.7. The van der Waals surface area contributed by atoms with Gasteiger partial charge in [0.15, 0.2) is 0 Å². The van der Waals surface area contributed by atoms with Crippen molar-refractivity contribution in [2.75, 3.05) is 7.05 Å². The minimum atomic E-state index is -0.998. The van der Waals surface area contributed by atoms with E-state index in [1.165, 1.54) is 18.9 Å². The van der Waals surface area contributed by atoms with Crippen molar-refractivity contribution in [1.29, 1.82) is 0 Å². The Morgan fingerprint density at radius 1 is 1.18 bits per heavy atom. The fraction of sp³-hybridized carbons (Fsp3) is 0.294. The van der Waals surface area contributed by atoms with E-state index in [9.17, 15) is 9.59 Å². The van der Waals surface area contributed by atoms with Crippen LogP contribution in [0.5, 0.6) is 0 Å². The molecule has 1 aromatic carbocycles. The van der Waals surface area contributed by atoms with E-state index in [0.29, 0.717) is 6.42 Å². The Kier molecular flexibility index (Phi) is 4.99. The zero-order chi connectivity index (χ0) is 16.1. The first-order valence-corrected chi connectivity index (χ1v) is 7.21. The number of carbonyl (C=O) groups is 2. The Hall–Kier alpha value is -2.56. The number of nitrogens with one attached hydrogen (secondary N) is 1. The molecular formula is C17H20N2O3. The molecule has 0 saturated heterocycles. The molecule has 0 fully saturated rings. The van der Waals surface area contributed by atoms with Crippen molar-refractivity contribution < 1.29 is 14.7 Å². The minimum absolute atomic E-state index is 0.175. The van der Waals surface area contributed by atoms with Gasteiger partial charge in [0.1, 0.15) is 6.04 Å². The van der Waals surface area contributed by atoms with E-state index in [4.69, 9.17) is 5.11 Å². The molecule has 0 aliphatic rings. The van der Waals surface area contributed by atoms with Crippen LogP contribution >= 0.6 is 0 Å². The highest BCUT2D eigenvalue weighted by Gasteiger charge is 2.21. The van der Waals surface area contributed by atoms with Gasteiger partial charge in [-0.2, -0.15) is 0 Å². The summed E-state index contributed by atoms with van der Waals surface area (Å²) in [7, 11) is 1.52. The lowest BCUT2D eigenvalue weighted by Crippen LogP contribution is -2.40. The molecule has 0 spiro atoms. The Morgan fingerprint density at radius 2 is 1.86 bits per heavy atom. The third-order valence-corrected chi connectivity index (χ3v) is 3.77. The molecule has 2 rings (SSSR count). The lowest BCUT2D eigenvalue weighted by molar-refractivity contribution is -0.148. The summed E-state index contributed by atoms with van der Waals surface area (Å²) in [6.07, 6.45) is 0.839. The van der Waals surface area contributed by atoms with Crippen molar-refractivity contribution in [1.82, 2.24) is 9.88 Å². The van der Waals surface area contributed by atoms with Gasteiger partial charge >= 0.3 is 5.97 Å². The summed E-state index contributed by atoms with van der Waals surface area (Å²) in [4.78, 5) is 27.4. The van der Waals surface area contributed by atoms with Crippen LogP contribution in [0.15, 0.2) is 42.5 Å². The second-order valence-electron chi connectivity index (χ2n) is 5.28. The fourth-order valence-electron chi connectivity index (χ4n) is 2.17. The average Bonchev–Trinajstić information content (AvgIpc) is 3.00. The number of aliphatic carboxylic acids is 1. The molecule has 0 bridgehead atoms. The molecule has 1 aromatic heterocycles. The van der Waals surface area contributed by atoms with Crippen LogP contribution in [0, 0.1) is 0 Å². The predicted molar refractivity (Wildman–Crippen MR) is 84.4 cm³/mol. The molecule has 2 N–H and O–H groups in total. The van der Waals surface area contributed by atoms with Crippen LogP contribution < -0.4 is 0 Å². The molecule has 1 amide bonds. The van der Waals surface area contributed by atoms with Gasteiger partial charge in [0.05, 0.1) is 0 Å². The SMILES string of the molecule is CC(C(=O)O)N(C)C(=O)CCc1ccc(-c2ccccc2)[nH]1. The number of H-pyrrole nitrogens is 1. The molecule has 2 aromatic rings. The maximum atomic E-state index is 12.0. The molecule has 0 radical (unpaired) electrons. The maximum absolute atomic E-state index is 12.0. The fourth-order valence-corrected chi connectivity index (χ4v) is 2.17. The number of amides is 1. The summed E-state index contributed by atoms with van der Waals surface area (Å²) in [5.74, 6) is -1.17. The number of aryl methyl sites for hydroxylation is 1. The average molecular weight is 300 g/mol. The summed E-state index contributed by atoms with van der Waals surface area (Å²) in [6.45, 7) is 1.50. The molecule has 1 atom stereocenters. The highest BCUT2D eigenvalue weighted by Crippen LogP contribution is 2.18. The van der Waals surface area contributed by atoms with E-state index >= 15 is 0 Å². The summed E-state index contributed by atoms with van der Waals surface area (Å²) in [6, 6.07) is 13.1. The van der Waals surface area contributed by atoms with Crippen LogP contribution in [0.4, 0.5) is 0 Å². The van der Waals surface area contributed by atoms with Crippen LogP contribution in [0.1, 0.15) is 19.0 Å². The zero-order valence-corrected chi connectivity index (χ0v) is 12.7. The molecule has 1 heterocycles. The quantitative estimate of drug-likeness (QED) is 0.861. The van der Waals surface area contributed by atoms with E-state index < -0.39 is 12.0 Å². The van der Waals surface area contributed by atoms with E-state index in [2.05, 4.69) is 4.98 Å². The number of aromatic amines is 1. The first-order valence-electron chi connectivity index (χ1n) is 7.21. The maximum Gasteiger partial charge on any atom is 0.326 e. The van der Waals surface area contributed by atoms with Crippen LogP contribution in [0.3, 0.4) is 0 Å². The van der Waals surface area contributed by atoms with Gasteiger partial charge < -0.3 is 15.0 Å². The first kappa shape index (κ1) is 15.8. The standard InChI is InChI=1S/C17H20N2O3/c1-12(17(21)22)19(2)16(20)11-9-14-8-10-15(18-14)13-6-4-3-5-7-13/h3-8,10,12,18H,9,11H2,1-2H3,(H,21,22). The van der Waals surface area contributed by atoms with Crippen LogP contribution in [-0.4, -0.2) is 40.0 Å². The largest absolute Gasteiger partial charge is 0.480 e. The number of carbonyl (C=O) groups excluding carboxylic acids is 1. The summed E-state index contributed by atoms with van der Waals surface area (Å²) < 4.78 is 0. The summed E-state index contributed by atoms with van der Waals surface area (Å²) in [5, 5.41) is 8.92. The molecular weight excluding hydrogens is 280 g/mol.